The van der Waals surface area contributed by atoms with Gasteiger partial charge in [0.2, 0.25) is 5.16 Å². The van der Waals surface area contributed by atoms with Crippen LogP contribution in [0.3, 0.4) is 0 Å². The molecular weight excluding hydrogens is 397 g/mol. The Morgan fingerprint density at radius 2 is 1.62 bits per heavy atom. The lowest BCUT2D eigenvalue weighted by Crippen LogP contribution is -2.19. The molecule has 0 spiro atoms. The molecule has 1 aliphatic heterocycles. The molecule has 0 bridgehead atoms. The Balaban J connectivity index is 1.65. The molecule has 0 aliphatic carbocycles. The number of thioether (sulfide) groups is 1. The molecule has 0 atom stereocenters. The minimum absolute atomic E-state index is 0.0380. The van der Waals surface area contributed by atoms with Gasteiger partial charge >= 0.3 is 6.18 Å². The zero-order chi connectivity index (χ0) is 20.8. The Morgan fingerprint density at radius 3 is 2.28 bits per heavy atom. The predicted molar refractivity (Wildman–Crippen MR) is 109 cm³/mol. The highest BCUT2D eigenvalue weighted by molar-refractivity contribution is 8.02. The third-order valence-corrected chi connectivity index (χ3v) is 5.49. The first-order chi connectivity index (χ1) is 13.6. The van der Waals surface area contributed by atoms with E-state index in [0.29, 0.717) is 22.2 Å². The number of nitrogens with zero attached hydrogens (tertiary/aromatic N) is 3. The zero-order valence-corrected chi connectivity index (χ0v) is 16.9. The molecule has 2 aromatic carbocycles. The summed E-state index contributed by atoms with van der Waals surface area (Å²) in [5.41, 5.74) is 5.57. The van der Waals surface area contributed by atoms with Crippen molar-refractivity contribution in [1.29, 1.82) is 0 Å². The van der Waals surface area contributed by atoms with Crippen molar-refractivity contribution in [2.24, 2.45) is 0 Å². The predicted octanol–water partition coefficient (Wildman–Crippen LogP) is 5.91. The van der Waals surface area contributed by atoms with E-state index in [1.165, 1.54) is 23.4 Å². The van der Waals surface area contributed by atoms with E-state index in [1.54, 1.807) is 16.2 Å². The summed E-state index contributed by atoms with van der Waals surface area (Å²) in [6.07, 6.45) is -4.39. The Kier molecular flexibility index (Phi) is 4.69. The van der Waals surface area contributed by atoms with Gasteiger partial charge in [-0.15, -0.1) is 10.2 Å². The van der Waals surface area contributed by atoms with Gasteiger partial charge in [0.15, 0.2) is 5.82 Å². The van der Waals surface area contributed by atoms with E-state index in [-0.39, 0.29) is 5.41 Å². The van der Waals surface area contributed by atoms with E-state index in [0.717, 1.165) is 17.7 Å². The molecule has 0 fully saturated rings. The van der Waals surface area contributed by atoms with Crippen LogP contribution in [0.2, 0.25) is 0 Å². The molecule has 0 amide bonds. The average Bonchev–Trinajstić information content (AvgIpc) is 3.10. The Hall–Kier alpha value is -2.74. The van der Waals surface area contributed by atoms with Crippen molar-refractivity contribution in [3.05, 3.63) is 70.6 Å². The van der Waals surface area contributed by atoms with Crippen LogP contribution in [0.4, 0.5) is 13.2 Å². The van der Waals surface area contributed by atoms with Crippen molar-refractivity contribution >= 4 is 17.5 Å². The van der Waals surface area contributed by atoms with Gasteiger partial charge in [-0.3, -0.25) is 5.43 Å². The van der Waals surface area contributed by atoms with Crippen molar-refractivity contribution in [3.8, 4) is 11.4 Å². The fourth-order valence-electron chi connectivity index (χ4n) is 3.01. The molecule has 8 heteroatoms. The van der Waals surface area contributed by atoms with E-state index < -0.39 is 11.7 Å². The Bertz CT molecular complexity index is 1080. The fourth-order valence-corrected chi connectivity index (χ4v) is 3.74. The molecule has 4 rings (SSSR count). The highest BCUT2D eigenvalue weighted by atomic mass is 32.2. The molecule has 0 saturated heterocycles. The minimum atomic E-state index is -4.39. The number of benzene rings is 2. The van der Waals surface area contributed by atoms with Crippen molar-refractivity contribution in [3.63, 3.8) is 0 Å². The molecule has 0 saturated carbocycles. The number of alkyl halides is 3. The van der Waals surface area contributed by atoms with Crippen LogP contribution < -0.4 is 5.43 Å². The van der Waals surface area contributed by atoms with Gasteiger partial charge in [0.1, 0.15) is 0 Å². The fraction of sp³-hybridized carbons (Fsp3) is 0.238. The van der Waals surface area contributed by atoms with Gasteiger partial charge in [-0.2, -0.15) is 13.2 Å². The van der Waals surface area contributed by atoms with E-state index in [4.69, 9.17) is 0 Å². The number of halogens is 3. The number of aromatic nitrogens is 3. The van der Waals surface area contributed by atoms with Gasteiger partial charge in [0.25, 0.3) is 0 Å². The molecule has 3 aromatic rings. The second kappa shape index (κ2) is 6.95. The monoisotopic (exact) mass is 416 g/mol. The molecule has 1 aliphatic rings. The SMILES string of the molecule is CC(C)(C)c1ccc(-c2nnc3n2NC(c2cccc(C(F)(F)F)c2)=CS3)cc1. The van der Waals surface area contributed by atoms with Gasteiger partial charge in [0.05, 0.1) is 11.3 Å². The average molecular weight is 416 g/mol. The minimum Gasteiger partial charge on any atom is -0.289 e. The maximum Gasteiger partial charge on any atom is 0.416 e. The van der Waals surface area contributed by atoms with Crippen molar-refractivity contribution in [2.45, 2.75) is 37.5 Å². The van der Waals surface area contributed by atoms with Crippen LogP contribution in [-0.2, 0) is 11.6 Å². The maximum absolute atomic E-state index is 13.1. The molecule has 0 radical (unpaired) electrons. The van der Waals surface area contributed by atoms with Crippen molar-refractivity contribution in [1.82, 2.24) is 14.9 Å². The molecule has 2 heterocycles. The van der Waals surface area contributed by atoms with Crippen LogP contribution in [0.25, 0.3) is 17.1 Å². The number of rotatable bonds is 2. The maximum atomic E-state index is 13.1. The van der Waals surface area contributed by atoms with Gasteiger partial charge < -0.3 is 0 Å². The topological polar surface area (TPSA) is 42.7 Å². The third kappa shape index (κ3) is 3.89. The second-order valence-electron chi connectivity index (χ2n) is 7.81. The Morgan fingerprint density at radius 1 is 0.897 bits per heavy atom. The van der Waals surface area contributed by atoms with E-state index in [2.05, 4.69) is 48.5 Å². The summed E-state index contributed by atoms with van der Waals surface area (Å²) < 4.78 is 40.9. The lowest BCUT2D eigenvalue weighted by molar-refractivity contribution is -0.137. The van der Waals surface area contributed by atoms with Crippen molar-refractivity contribution in [2.75, 3.05) is 5.43 Å². The summed E-state index contributed by atoms with van der Waals surface area (Å²) in [5, 5.41) is 10.8. The first-order valence-corrected chi connectivity index (χ1v) is 9.89. The smallest absolute Gasteiger partial charge is 0.289 e. The Labute approximate surface area is 170 Å². The first-order valence-electron chi connectivity index (χ1n) is 9.01. The number of nitrogens with one attached hydrogen (secondary N) is 1. The van der Waals surface area contributed by atoms with Crippen LogP contribution in [0.15, 0.2) is 59.1 Å². The van der Waals surface area contributed by atoms with Crippen LogP contribution in [0.1, 0.15) is 37.5 Å². The summed E-state index contributed by atoms with van der Waals surface area (Å²) >= 11 is 1.31. The van der Waals surface area contributed by atoms with Crippen LogP contribution in [0, 0.1) is 0 Å². The van der Waals surface area contributed by atoms with Crippen LogP contribution in [-0.4, -0.2) is 14.9 Å². The molecule has 0 unspecified atom stereocenters. The molecule has 4 nitrogen and oxygen atoms in total. The van der Waals surface area contributed by atoms with Gasteiger partial charge in [-0.05, 0) is 23.1 Å². The van der Waals surface area contributed by atoms with Crippen molar-refractivity contribution < 1.29 is 13.2 Å². The summed E-state index contributed by atoms with van der Waals surface area (Å²) in [5.74, 6) is 0.602. The van der Waals surface area contributed by atoms with Crippen LogP contribution in [0.5, 0.6) is 0 Å². The quantitative estimate of drug-likeness (QED) is 0.564. The summed E-state index contributed by atoms with van der Waals surface area (Å²) in [6, 6.07) is 13.3. The van der Waals surface area contributed by atoms with Crippen LogP contribution >= 0.6 is 11.8 Å². The zero-order valence-electron chi connectivity index (χ0n) is 16.1. The third-order valence-electron chi connectivity index (χ3n) is 4.66. The highest BCUT2D eigenvalue weighted by Crippen LogP contribution is 2.35. The number of hydrogen-bond acceptors (Lipinski definition) is 4. The number of fused-ring (bicyclic) bond motifs is 1. The summed E-state index contributed by atoms with van der Waals surface area (Å²) in [4.78, 5) is 0. The standard InChI is InChI=1S/C21H19F3N4S/c1-20(2,3)15-9-7-13(8-10-15)18-25-26-19-28(18)27-17(12-29-19)14-5-4-6-16(11-14)21(22,23)24/h4-12,27H,1-3H3. The largest absolute Gasteiger partial charge is 0.416 e. The van der Waals surface area contributed by atoms with Gasteiger partial charge in [0, 0.05) is 16.5 Å². The lowest BCUT2D eigenvalue weighted by Gasteiger charge is -2.21. The molecule has 29 heavy (non-hydrogen) atoms. The molecule has 1 aromatic heterocycles. The molecule has 150 valence electrons. The molecular formula is C21H19F3N4S. The summed E-state index contributed by atoms with van der Waals surface area (Å²) in [6.45, 7) is 6.43. The summed E-state index contributed by atoms with van der Waals surface area (Å²) in [7, 11) is 0. The normalized spacial score (nSPS) is 14.2. The van der Waals surface area contributed by atoms with E-state index in [9.17, 15) is 13.2 Å². The highest BCUT2D eigenvalue weighted by Gasteiger charge is 2.31. The van der Waals surface area contributed by atoms with E-state index in [1.807, 2.05) is 12.1 Å². The molecule has 1 N–H and O–H groups in total. The second-order valence-corrected chi connectivity index (χ2v) is 8.65. The lowest BCUT2D eigenvalue weighted by atomic mass is 9.87. The first kappa shape index (κ1) is 19.6. The van der Waals surface area contributed by atoms with Gasteiger partial charge in [-0.25, -0.2) is 4.68 Å². The number of hydrogen-bond donors (Lipinski definition) is 1. The van der Waals surface area contributed by atoms with E-state index >= 15 is 0 Å². The van der Waals surface area contributed by atoms with Gasteiger partial charge in [-0.1, -0.05) is 68.9 Å².